The average Bonchev–Trinajstić information content (AvgIpc) is 2.42. The van der Waals surface area contributed by atoms with E-state index < -0.39 is 0 Å². The van der Waals surface area contributed by atoms with Crippen LogP contribution in [0.4, 0.5) is 0 Å². The van der Waals surface area contributed by atoms with Gasteiger partial charge in [0.05, 0.1) is 0 Å². The summed E-state index contributed by atoms with van der Waals surface area (Å²) in [6.45, 7) is 5.53. The molecule has 1 rings (SSSR count). The number of rotatable bonds is 0. The van der Waals surface area contributed by atoms with Gasteiger partial charge in [0.25, 0.3) is 0 Å². The van der Waals surface area contributed by atoms with Gasteiger partial charge in [-0.15, -0.1) is 0 Å². The van der Waals surface area contributed by atoms with Crippen LogP contribution in [0.1, 0.15) is 25.6 Å². The molecule has 0 aliphatic carbocycles. The maximum absolute atomic E-state index is 10.5. The molecule has 1 heterocycles. The van der Waals surface area contributed by atoms with Crippen LogP contribution in [-0.4, -0.2) is 10.5 Å². The molecule has 0 N–H and O–H groups in total. The highest BCUT2D eigenvalue weighted by Gasteiger charge is 1.89. The van der Waals surface area contributed by atoms with E-state index in [4.69, 9.17) is 0 Å². The van der Waals surface area contributed by atoms with Gasteiger partial charge in [0.2, 0.25) is 5.91 Å². The number of carbonyl (C=O) groups is 1. The summed E-state index contributed by atoms with van der Waals surface area (Å²) in [5.41, 5.74) is 0. The molecule has 0 spiro atoms. The predicted molar refractivity (Wildman–Crippen MR) is 42.1 cm³/mol. The van der Waals surface area contributed by atoms with Crippen molar-refractivity contribution in [3.63, 3.8) is 0 Å². The molecule has 0 saturated heterocycles. The third-order valence-corrected chi connectivity index (χ3v) is 0.968. The molecule has 1 aromatic rings. The third-order valence-electron chi connectivity index (χ3n) is 0.968. The van der Waals surface area contributed by atoms with Crippen LogP contribution in [0, 0.1) is 0 Å². The molecule has 0 fully saturated rings. The molecule has 0 bridgehead atoms. The molecule has 56 valence electrons. The zero-order chi connectivity index (χ0) is 7.98. The molecule has 0 unspecified atom stereocenters. The third kappa shape index (κ3) is 2.49. The second-order valence-electron chi connectivity index (χ2n) is 1.61. The summed E-state index contributed by atoms with van der Waals surface area (Å²) in [6.07, 6.45) is 3.45. The largest absolute Gasteiger partial charge is 0.295 e. The van der Waals surface area contributed by atoms with Gasteiger partial charge in [-0.3, -0.25) is 9.36 Å². The average molecular weight is 139 g/mol. The Kier molecular flexibility index (Phi) is 4.29. The normalized spacial score (nSPS) is 7.90. The molecule has 0 aromatic carbocycles. The molecule has 2 nitrogen and oxygen atoms in total. The van der Waals surface area contributed by atoms with Crippen LogP contribution < -0.4 is 0 Å². The van der Waals surface area contributed by atoms with Crippen LogP contribution in [-0.2, 0) is 0 Å². The zero-order valence-electron chi connectivity index (χ0n) is 6.66. The fourth-order valence-electron chi connectivity index (χ4n) is 0.544. The number of carbonyl (C=O) groups excluding carboxylic acids is 1. The first kappa shape index (κ1) is 8.95. The van der Waals surface area contributed by atoms with Gasteiger partial charge >= 0.3 is 0 Å². The van der Waals surface area contributed by atoms with Crippen molar-refractivity contribution in [3.8, 4) is 0 Å². The van der Waals surface area contributed by atoms with Gasteiger partial charge < -0.3 is 0 Å². The maximum Gasteiger partial charge on any atom is 0.227 e. The molecule has 1 aromatic heterocycles. The van der Waals surface area contributed by atoms with E-state index in [0.29, 0.717) is 0 Å². The van der Waals surface area contributed by atoms with Gasteiger partial charge in [0.1, 0.15) is 0 Å². The van der Waals surface area contributed by atoms with E-state index in [0.717, 1.165) is 0 Å². The van der Waals surface area contributed by atoms with Gasteiger partial charge in [0.15, 0.2) is 0 Å². The molecule has 0 atom stereocenters. The highest BCUT2D eigenvalue weighted by Crippen LogP contribution is 1.87. The minimum Gasteiger partial charge on any atom is -0.295 e. The topological polar surface area (TPSA) is 22.0 Å². The summed E-state index contributed by atoms with van der Waals surface area (Å²) >= 11 is 0. The van der Waals surface area contributed by atoms with Gasteiger partial charge in [0, 0.05) is 19.3 Å². The smallest absolute Gasteiger partial charge is 0.227 e. The van der Waals surface area contributed by atoms with Crippen LogP contribution in [0.3, 0.4) is 0 Å². The maximum atomic E-state index is 10.5. The van der Waals surface area contributed by atoms with E-state index in [2.05, 4.69) is 0 Å². The lowest BCUT2D eigenvalue weighted by atomic mass is 10.7. The molecule has 0 aliphatic rings. The fourth-order valence-corrected chi connectivity index (χ4v) is 0.544. The Hall–Kier alpha value is -1.05. The molecule has 0 amide bonds. The Bertz CT molecular complexity index is 177. The number of hydrogen-bond acceptors (Lipinski definition) is 1. The molecular formula is C8H13NO. The van der Waals surface area contributed by atoms with Crippen molar-refractivity contribution in [3.05, 3.63) is 24.5 Å². The highest BCUT2D eigenvalue weighted by atomic mass is 16.1. The second-order valence-corrected chi connectivity index (χ2v) is 1.61. The standard InChI is InChI=1S/C6H7NO.C2H6/c1-6(8)7-4-2-3-5-7;1-2/h2-5H,1H3;1-2H3. The van der Waals surface area contributed by atoms with Gasteiger partial charge in [-0.25, -0.2) is 0 Å². The van der Waals surface area contributed by atoms with Gasteiger partial charge in [-0.1, -0.05) is 13.8 Å². The minimum absolute atomic E-state index is 0.0509. The Labute approximate surface area is 61.5 Å². The van der Waals surface area contributed by atoms with E-state index in [1.165, 1.54) is 11.5 Å². The monoisotopic (exact) mass is 139 g/mol. The first-order chi connectivity index (χ1) is 4.80. The minimum atomic E-state index is 0.0509. The quantitative estimate of drug-likeness (QED) is 0.540. The van der Waals surface area contributed by atoms with E-state index in [9.17, 15) is 4.79 Å². The Morgan fingerprint density at radius 3 is 1.80 bits per heavy atom. The van der Waals surface area contributed by atoms with Crippen molar-refractivity contribution in [2.24, 2.45) is 0 Å². The number of hydrogen-bond donors (Lipinski definition) is 0. The summed E-state index contributed by atoms with van der Waals surface area (Å²) in [5, 5.41) is 0. The van der Waals surface area contributed by atoms with Crippen molar-refractivity contribution in [1.82, 2.24) is 4.57 Å². The van der Waals surface area contributed by atoms with Crippen molar-refractivity contribution in [2.75, 3.05) is 0 Å². The summed E-state index contributed by atoms with van der Waals surface area (Å²) in [5.74, 6) is 0.0509. The lowest BCUT2D eigenvalue weighted by molar-refractivity contribution is 0.0937. The molecule has 2 heteroatoms. The van der Waals surface area contributed by atoms with E-state index in [1.807, 2.05) is 26.0 Å². The summed E-state index contributed by atoms with van der Waals surface area (Å²) in [6, 6.07) is 3.64. The van der Waals surface area contributed by atoms with Crippen molar-refractivity contribution in [2.45, 2.75) is 20.8 Å². The molecule has 0 saturated carbocycles. The van der Waals surface area contributed by atoms with E-state index in [-0.39, 0.29) is 5.91 Å². The molecule has 10 heavy (non-hydrogen) atoms. The van der Waals surface area contributed by atoms with E-state index in [1.54, 1.807) is 12.4 Å². The Morgan fingerprint density at radius 1 is 1.20 bits per heavy atom. The summed E-state index contributed by atoms with van der Waals surface area (Å²) in [4.78, 5) is 10.5. The van der Waals surface area contributed by atoms with Crippen molar-refractivity contribution in [1.29, 1.82) is 0 Å². The fraction of sp³-hybridized carbons (Fsp3) is 0.375. The Morgan fingerprint density at radius 2 is 1.60 bits per heavy atom. The van der Waals surface area contributed by atoms with Crippen molar-refractivity contribution < 1.29 is 4.79 Å². The first-order valence-electron chi connectivity index (χ1n) is 3.44. The van der Waals surface area contributed by atoms with Crippen LogP contribution in [0.5, 0.6) is 0 Å². The lowest BCUT2D eigenvalue weighted by Crippen LogP contribution is -2.00. The van der Waals surface area contributed by atoms with Gasteiger partial charge in [-0.05, 0) is 12.1 Å². The molecule has 0 radical (unpaired) electrons. The van der Waals surface area contributed by atoms with Crippen LogP contribution in [0.15, 0.2) is 24.5 Å². The zero-order valence-corrected chi connectivity index (χ0v) is 6.66. The number of nitrogens with zero attached hydrogens (tertiary/aromatic N) is 1. The second kappa shape index (κ2) is 4.79. The van der Waals surface area contributed by atoms with Crippen LogP contribution in [0.25, 0.3) is 0 Å². The Balaban J connectivity index is 0.000000371. The molecular weight excluding hydrogens is 126 g/mol. The summed E-state index contributed by atoms with van der Waals surface area (Å²) < 4.78 is 1.53. The highest BCUT2D eigenvalue weighted by molar-refractivity contribution is 5.75. The van der Waals surface area contributed by atoms with E-state index >= 15 is 0 Å². The lowest BCUT2D eigenvalue weighted by Gasteiger charge is -1.89. The number of aromatic nitrogens is 1. The van der Waals surface area contributed by atoms with Gasteiger partial charge in [-0.2, -0.15) is 0 Å². The summed E-state index contributed by atoms with van der Waals surface area (Å²) in [7, 11) is 0. The van der Waals surface area contributed by atoms with Crippen molar-refractivity contribution >= 4 is 5.91 Å². The molecule has 0 aliphatic heterocycles. The predicted octanol–water partition coefficient (Wildman–Crippen LogP) is 2.17. The first-order valence-corrected chi connectivity index (χ1v) is 3.44. The van der Waals surface area contributed by atoms with Crippen LogP contribution >= 0.6 is 0 Å². The SMILES string of the molecule is CC.CC(=O)n1cccc1. The van der Waals surface area contributed by atoms with Crippen LogP contribution in [0.2, 0.25) is 0 Å².